The molecule has 1 N–H and O–H groups in total. The van der Waals surface area contributed by atoms with E-state index in [-0.39, 0.29) is 34.8 Å². The molecule has 0 spiro atoms. The maximum atomic E-state index is 12.3. The first-order chi connectivity index (χ1) is 12.1. The number of pyridine rings is 1. The normalized spacial score (nSPS) is 21.3. The molecule has 1 aliphatic heterocycles. The Kier molecular flexibility index (Phi) is 6.49. The number of nitrogens with one attached hydrogen (secondary N) is 1. The summed E-state index contributed by atoms with van der Waals surface area (Å²) < 4.78 is 46.8. The average molecular weight is 374 g/mol. The van der Waals surface area contributed by atoms with Gasteiger partial charge >= 0.3 is 6.18 Å². The number of hydrogen-bond acceptors (Lipinski definition) is 4. The minimum Gasteiger partial charge on any atom is -0.468 e. The number of halogens is 3. The Morgan fingerprint density at radius 3 is 2.65 bits per heavy atom. The molecule has 0 radical (unpaired) electrons. The highest BCUT2D eigenvalue weighted by Crippen LogP contribution is 2.33. The molecule has 8 heteroatoms. The number of amides is 1. The molecule has 1 fully saturated rings. The van der Waals surface area contributed by atoms with Gasteiger partial charge in [0.2, 0.25) is 5.88 Å². The topological polar surface area (TPSA) is 60.5 Å². The van der Waals surface area contributed by atoms with Crippen molar-refractivity contribution in [2.45, 2.75) is 45.9 Å². The van der Waals surface area contributed by atoms with Crippen LogP contribution in [0.2, 0.25) is 0 Å². The smallest absolute Gasteiger partial charge is 0.422 e. The lowest BCUT2D eigenvalue weighted by Gasteiger charge is -2.40. The quantitative estimate of drug-likeness (QED) is 0.856. The Labute approximate surface area is 151 Å². The molecule has 26 heavy (non-hydrogen) atoms. The SMILES string of the molecule is CC(C)(C)[C@@H]1OCCC[C@H]1CNC(=O)c1ccc(OCC(F)(F)F)nc1. The molecule has 5 nitrogen and oxygen atoms in total. The number of ether oxygens (including phenoxy) is 2. The third-order valence-electron chi connectivity index (χ3n) is 4.21. The van der Waals surface area contributed by atoms with Crippen molar-refractivity contribution in [3.05, 3.63) is 23.9 Å². The molecule has 2 rings (SSSR count). The molecule has 0 saturated carbocycles. The van der Waals surface area contributed by atoms with Gasteiger partial charge in [-0.05, 0) is 24.3 Å². The van der Waals surface area contributed by atoms with E-state index < -0.39 is 12.8 Å². The maximum Gasteiger partial charge on any atom is 0.422 e. The Morgan fingerprint density at radius 2 is 2.08 bits per heavy atom. The van der Waals surface area contributed by atoms with Crippen LogP contribution in [0.25, 0.3) is 0 Å². The Morgan fingerprint density at radius 1 is 1.35 bits per heavy atom. The van der Waals surface area contributed by atoms with Gasteiger partial charge in [-0.25, -0.2) is 4.98 Å². The molecule has 2 atom stereocenters. The van der Waals surface area contributed by atoms with Crippen LogP contribution in [0, 0.1) is 11.3 Å². The van der Waals surface area contributed by atoms with Crippen molar-refractivity contribution in [3.63, 3.8) is 0 Å². The van der Waals surface area contributed by atoms with Gasteiger partial charge in [0, 0.05) is 31.3 Å². The fourth-order valence-electron chi connectivity index (χ4n) is 3.09. The predicted molar refractivity (Wildman–Crippen MR) is 90.0 cm³/mol. The van der Waals surface area contributed by atoms with Gasteiger partial charge in [-0.3, -0.25) is 4.79 Å². The van der Waals surface area contributed by atoms with Crippen LogP contribution < -0.4 is 10.1 Å². The summed E-state index contributed by atoms with van der Waals surface area (Å²) in [4.78, 5) is 16.0. The van der Waals surface area contributed by atoms with Crippen molar-refractivity contribution in [1.29, 1.82) is 0 Å². The van der Waals surface area contributed by atoms with E-state index in [0.717, 1.165) is 19.4 Å². The number of rotatable bonds is 5. The molecule has 1 saturated heterocycles. The third kappa shape index (κ3) is 6.16. The van der Waals surface area contributed by atoms with Gasteiger partial charge in [-0.2, -0.15) is 13.2 Å². The molecule has 2 heterocycles. The Balaban J connectivity index is 1.89. The van der Waals surface area contributed by atoms with Crippen molar-refractivity contribution in [3.8, 4) is 5.88 Å². The minimum absolute atomic E-state index is 0.0190. The second kappa shape index (κ2) is 8.24. The zero-order valence-corrected chi connectivity index (χ0v) is 15.2. The van der Waals surface area contributed by atoms with E-state index in [1.807, 2.05) is 0 Å². The van der Waals surface area contributed by atoms with E-state index in [0.29, 0.717) is 6.54 Å². The van der Waals surface area contributed by atoms with E-state index in [4.69, 9.17) is 4.74 Å². The summed E-state index contributed by atoms with van der Waals surface area (Å²) in [6.07, 6.45) is -1.22. The second-order valence-electron chi connectivity index (χ2n) is 7.56. The number of carbonyl (C=O) groups is 1. The third-order valence-corrected chi connectivity index (χ3v) is 4.21. The molecule has 1 aromatic heterocycles. The van der Waals surface area contributed by atoms with Crippen LogP contribution in [0.4, 0.5) is 13.2 Å². The van der Waals surface area contributed by atoms with Crippen molar-refractivity contribution in [2.75, 3.05) is 19.8 Å². The van der Waals surface area contributed by atoms with Crippen molar-refractivity contribution in [2.24, 2.45) is 11.3 Å². The largest absolute Gasteiger partial charge is 0.468 e. The molecule has 1 amide bonds. The molecular formula is C18H25F3N2O3. The summed E-state index contributed by atoms with van der Waals surface area (Å²) in [5, 5.41) is 2.87. The molecule has 1 aliphatic rings. The summed E-state index contributed by atoms with van der Waals surface area (Å²) in [6, 6.07) is 2.65. The first-order valence-electron chi connectivity index (χ1n) is 8.62. The minimum atomic E-state index is -4.43. The van der Waals surface area contributed by atoms with E-state index in [9.17, 15) is 18.0 Å². The van der Waals surface area contributed by atoms with Crippen molar-refractivity contribution < 1.29 is 27.4 Å². The van der Waals surface area contributed by atoms with Crippen molar-refractivity contribution >= 4 is 5.91 Å². The lowest BCUT2D eigenvalue weighted by Crippen LogP contribution is -2.45. The molecule has 0 bridgehead atoms. The van der Waals surface area contributed by atoms with E-state index >= 15 is 0 Å². The highest BCUT2D eigenvalue weighted by molar-refractivity contribution is 5.93. The zero-order valence-electron chi connectivity index (χ0n) is 15.2. The van der Waals surface area contributed by atoms with Gasteiger partial charge < -0.3 is 14.8 Å². The maximum absolute atomic E-state index is 12.3. The Hall–Kier alpha value is -1.83. The van der Waals surface area contributed by atoms with Crippen molar-refractivity contribution in [1.82, 2.24) is 10.3 Å². The molecule has 0 aliphatic carbocycles. The van der Waals surface area contributed by atoms with Crippen LogP contribution in [0.15, 0.2) is 18.3 Å². The van der Waals surface area contributed by atoms with E-state index in [2.05, 4.69) is 35.8 Å². The van der Waals surface area contributed by atoms with Gasteiger partial charge in [-0.15, -0.1) is 0 Å². The Bertz CT molecular complexity index is 597. The molecule has 1 aromatic rings. The average Bonchev–Trinajstić information content (AvgIpc) is 2.57. The number of alkyl halides is 3. The lowest BCUT2D eigenvalue weighted by molar-refractivity contribution is -0.154. The van der Waals surface area contributed by atoms with Crippen LogP contribution in [0.5, 0.6) is 5.88 Å². The van der Waals surface area contributed by atoms with Gasteiger partial charge in [0.1, 0.15) is 0 Å². The van der Waals surface area contributed by atoms with E-state index in [1.165, 1.54) is 18.3 Å². The predicted octanol–water partition coefficient (Wildman–Crippen LogP) is 3.59. The van der Waals surface area contributed by atoms with Gasteiger partial charge in [0.05, 0.1) is 11.7 Å². The molecule has 0 aromatic carbocycles. The fraction of sp³-hybridized carbons (Fsp3) is 0.667. The first kappa shape index (κ1) is 20.5. The highest BCUT2D eigenvalue weighted by Gasteiger charge is 2.35. The molecular weight excluding hydrogens is 349 g/mol. The summed E-state index contributed by atoms with van der Waals surface area (Å²) in [7, 11) is 0. The summed E-state index contributed by atoms with van der Waals surface area (Å²) in [5.41, 5.74) is 0.253. The van der Waals surface area contributed by atoms with Gasteiger partial charge in [0.15, 0.2) is 6.61 Å². The standard InChI is InChI=1S/C18H25F3N2O3/c1-17(2,3)15-12(5-4-8-25-15)9-23-16(24)13-6-7-14(22-10-13)26-11-18(19,20)21/h6-7,10,12,15H,4-5,8-9,11H2,1-3H3,(H,23,24)/t12-,15+/m0/s1. The summed E-state index contributed by atoms with van der Waals surface area (Å²) >= 11 is 0. The van der Waals surface area contributed by atoms with Crippen LogP contribution in [-0.4, -0.2) is 42.9 Å². The second-order valence-corrected chi connectivity index (χ2v) is 7.56. The van der Waals surface area contributed by atoms with Gasteiger partial charge in [-0.1, -0.05) is 20.8 Å². The lowest BCUT2D eigenvalue weighted by atomic mass is 9.78. The van der Waals surface area contributed by atoms with E-state index in [1.54, 1.807) is 0 Å². The number of aromatic nitrogens is 1. The fourth-order valence-corrected chi connectivity index (χ4v) is 3.09. The molecule has 0 unspecified atom stereocenters. The molecule has 146 valence electrons. The summed E-state index contributed by atoms with van der Waals surface area (Å²) in [6.45, 7) is 6.13. The zero-order chi connectivity index (χ0) is 19.4. The summed E-state index contributed by atoms with van der Waals surface area (Å²) in [5.74, 6) is -0.277. The van der Waals surface area contributed by atoms with Gasteiger partial charge in [0.25, 0.3) is 5.91 Å². The number of nitrogens with zero attached hydrogens (tertiary/aromatic N) is 1. The number of carbonyl (C=O) groups excluding carboxylic acids is 1. The van der Waals surface area contributed by atoms with Crippen LogP contribution in [0.3, 0.4) is 0 Å². The number of hydrogen-bond donors (Lipinski definition) is 1. The van der Waals surface area contributed by atoms with Crippen LogP contribution in [0.1, 0.15) is 44.0 Å². The monoisotopic (exact) mass is 374 g/mol. The highest BCUT2D eigenvalue weighted by atomic mass is 19.4. The van der Waals surface area contributed by atoms with Crippen LogP contribution >= 0.6 is 0 Å². The first-order valence-corrected chi connectivity index (χ1v) is 8.62. The van der Waals surface area contributed by atoms with Crippen LogP contribution in [-0.2, 0) is 4.74 Å².